The topological polar surface area (TPSA) is 20.2 Å². The Balaban J connectivity index is 4.75. The molecule has 0 saturated carbocycles. The second-order valence-electron chi connectivity index (χ2n) is 1.76. The van der Waals surface area contributed by atoms with Crippen LogP contribution >= 0.6 is 9.24 Å². The van der Waals surface area contributed by atoms with Gasteiger partial charge in [-0.3, -0.25) is 0 Å². The Bertz CT molecular complexity index is 129. The van der Waals surface area contributed by atoms with Gasteiger partial charge in [0.1, 0.15) is 0 Å². The third kappa shape index (κ3) is 1.96. The molecule has 0 bridgehead atoms. The van der Waals surface area contributed by atoms with Gasteiger partial charge in [-0.25, -0.2) is 0 Å². The molecular formula is C3H3F6OP. The Hall–Kier alpha value is -0.0300. The van der Waals surface area contributed by atoms with Crippen LogP contribution in [0.1, 0.15) is 0 Å². The Morgan fingerprint density at radius 1 is 0.818 bits per heavy atom. The minimum atomic E-state index is -5.73. The maximum Gasteiger partial charge on any atom is 0.429 e. The second kappa shape index (κ2) is 2.48. The van der Waals surface area contributed by atoms with Crippen molar-refractivity contribution < 1.29 is 31.4 Å². The highest BCUT2D eigenvalue weighted by Gasteiger charge is 2.67. The Kier molecular flexibility index (Phi) is 2.48. The molecule has 0 aromatic rings. The van der Waals surface area contributed by atoms with Crippen LogP contribution < -0.4 is 0 Å². The average molecular weight is 200 g/mol. The first-order valence-electron chi connectivity index (χ1n) is 2.15. The molecule has 68 valence electrons. The van der Waals surface area contributed by atoms with Crippen LogP contribution in [-0.2, 0) is 0 Å². The maximum atomic E-state index is 11.3. The molecule has 0 radical (unpaired) electrons. The molecule has 0 heterocycles. The number of hydrogen-bond acceptors (Lipinski definition) is 1. The first-order chi connectivity index (χ1) is 4.50. The van der Waals surface area contributed by atoms with Crippen molar-refractivity contribution in [2.75, 3.05) is 0 Å². The zero-order valence-electron chi connectivity index (χ0n) is 4.79. The van der Waals surface area contributed by atoms with Crippen molar-refractivity contribution >= 4 is 9.24 Å². The summed E-state index contributed by atoms with van der Waals surface area (Å²) in [6, 6.07) is 0. The zero-order chi connectivity index (χ0) is 9.50. The van der Waals surface area contributed by atoms with E-state index in [4.69, 9.17) is 5.11 Å². The molecule has 1 nitrogen and oxygen atoms in total. The summed E-state index contributed by atoms with van der Waals surface area (Å²) in [6.45, 7) is 0. The fourth-order valence-corrected chi connectivity index (χ4v) is 0.161. The van der Waals surface area contributed by atoms with E-state index in [0.29, 0.717) is 9.24 Å². The molecule has 0 spiro atoms. The fourth-order valence-electron chi connectivity index (χ4n) is 0.161. The number of aliphatic hydroxyl groups is 1. The lowest BCUT2D eigenvalue weighted by atomic mass is 10.3. The molecule has 0 aromatic heterocycles. The maximum absolute atomic E-state index is 11.3. The predicted octanol–water partition coefficient (Wildman–Crippen LogP) is 1.67. The summed E-state index contributed by atoms with van der Waals surface area (Å²) in [5, 5.41) is 3.19. The molecule has 8 heteroatoms. The molecule has 1 atom stereocenters. The van der Waals surface area contributed by atoms with E-state index in [1.54, 1.807) is 0 Å². The van der Waals surface area contributed by atoms with Crippen LogP contribution in [0.25, 0.3) is 0 Å². The van der Waals surface area contributed by atoms with Crippen molar-refractivity contribution in [3.63, 3.8) is 0 Å². The third-order valence-corrected chi connectivity index (χ3v) is 1.52. The molecule has 0 fully saturated rings. The summed E-state index contributed by atoms with van der Waals surface area (Å²) in [6.07, 6.45) is -11.5. The number of halogens is 6. The van der Waals surface area contributed by atoms with Gasteiger partial charge in [0, 0.05) is 0 Å². The van der Waals surface area contributed by atoms with Gasteiger partial charge in [-0.05, 0) is 0 Å². The monoisotopic (exact) mass is 200 g/mol. The number of alkyl halides is 6. The second-order valence-corrected chi connectivity index (χ2v) is 2.60. The van der Waals surface area contributed by atoms with E-state index in [1.165, 1.54) is 0 Å². The summed E-state index contributed by atoms with van der Waals surface area (Å²) in [4.78, 5) is 0. The van der Waals surface area contributed by atoms with Gasteiger partial charge in [-0.15, -0.1) is 0 Å². The first-order valence-corrected chi connectivity index (χ1v) is 2.72. The van der Waals surface area contributed by atoms with E-state index in [2.05, 4.69) is 0 Å². The van der Waals surface area contributed by atoms with Crippen LogP contribution in [0.3, 0.4) is 0 Å². The van der Waals surface area contributed by atoms with Crippen LogP contribution in [0.4, 0.5) is 26.3 Å². The fraction of sp³-hybridized carbons (Fsp3) is 1.00. The highest BCUT2D eigenvalue weighted by atomic mass is 31.0. The van der Waals surface area contributed by atoms with Crippen molar-refractivity contribution in [1.82, 2.24) is 0 Å². The molecule has 0 rings (SSSR count). The minimum absolute atomic E-state index is 0.312. The molecule has 0 aliphatic rings. The molecule has 0 saturated heterocycles. The summed E-state index contributed by atoms with van der Waals surface area (Å²) in [5.41, 5.74) is 0. The van der Waals surface area contributed by atoms with E-state index in [0.717, 1.165) is 0 Å². The number of rotatable bonds is 0. The molecule has 0 aliphatic carbocycles. The van der Waals surface area contributed by atoms with Crippen LogP contribution in [-0.4, -0.2) is 22.8 Å². The van der Waals surface area contributed by atoms with Gasteiger partial charge in [0.05, 0.1) is 0 Å². The van der Waals surface area contributed by atoms with Crippen LogP contribution in [0.15, 0.2) is 0 Å². The van der Waals surface area contributed by atoms with Gasteiger partial charge in [0.15, 0.2) is 0 Å². The third-order valence-electron chi connectivity index (χ3n) is 0.864. The van der Waals surface area contributed by atoms with Crippen molar-refractivity contribution in [2.24, 2.45) is 0 Å². The molecule has 0 aliphatic heterocycles. The van der Waals surface area contributed by atoms with E-state index in [-0.39, 0.29) is 0 Å². The molecule has 1 unspecified atom stereocenters. The predicted molar refractivity (Wildman–Crippen MR) is 26.8 cm³/mol. The Morgan fingerprint density at radius 2 is 1.00 bits per heavy atom. The Morgan fingerprint density at radius 3 is 1.00 bits per heavy atom. The largest absolute Gasteiger partial charge is 0.429 e. The van der Waals surface area contributed by atoms with Crippen molar-refractivity contribution in [3.05, 3.63) is 0 Å². The lowest BCUT2D eigenvalue weighted by Crippen LogP contribution is -2.51. The Labute approximate surface area is 59.6 Å². The normalized spacial score (nSPS) is 15.3. The van der Waals surface area contributed by atoms with Crippen LogP contribution in [0.2, 0.25) is 0 Å². The van der Waals surface area contributed by atoms with Gasteiger partial charge in [0.2, 0.25) is 0 Å². The van der Waals surface area contributed by atoms with Gasteiger partial charge in [-0.2, -0.15) is 26.3 Å². The van der Waals surface area contributed by atoms with Gasteiger partial charge in [0.25, 0.3) is 5.34 Å². The van der Waals surface area contributed by atoms with Crippen molar-refractivity contribution in [3.8, 4) is 0 Å². The lowest BCUT2D eigenvalue weighted by Gasteiger charge is -2.27. The van der Waals surface area contributed by atoms with E-state index >= 15 is 0 Å². The van der Waals surface area contributed by atoms with Gasteiger partial charge >= 0.3 is 12.4 Å². The molecule has 11 heavy (non-hydrogen) atoms. The molecule has 1 N–H and O–H groups in total. The smallest absolute Gasteiger partial charge is 0.370 e. The quantitative estimate of drug-likeness (QED) is 0.465. The van der Waals surface area contributed by atoms with Crippen LogP contribution in [0, 0.1) is 0 Å². The van der Waals surface area contributed by atoms with Crippen molar-refractivity contribution in [2.45, 2.75) is 17.7 Å². The highest BCUT2D eigenvalue weighted by Crippen LogP contribution is 2.47. The summed E-state index contributed by atoms with van der Waals surface area (Å²) < 4.78 is 68.0. The summed E-state index contributed by atoms with van der Waals surface area (Å²) in [7, 11) is 0.312. The summed E-state index contributed by atoms with van der Waals surface area (Å²) in [5.74, 6) is 0. The van der Waals surface area contributed by atoms with Crippen LogP contribution in [0.5, 0.6) is 0 Å². The standard InChI is InChI=1S/C3H3F6OP/c4-2(5,6)1(10,11)3(7,8)9/h10H,11H2. The van der Waals surface area contributed by atoms with E-state index in [1.807, 2.05) is 0 Å². The lowest BCUT2D eigenvalue weighted by molar-refractivity contribution is -0.327. The SMILES string of the molecule is OC(P)(C(F)(F)F)C(F)(F)F. The average Bonchev–Trinajstić information content (AvgIpc) is 1.58. The highest BCUT2D eigenvalue weighted by molar-refractivity contribution is 7.18. The number of hydrogen-bond donors (Lipinski definition) is 1. The zero-order valence-corrected chi connectivity index (χ0v) is 5.95. The summed E-state index contributed by atoms with van der Waals surface area (Å²) >= 11 is 0. The van der Waals surface area contributed by atoms with Gasteiger partial charge in [-0.1, -0.05) is 9.24 Å². The molecule has 0 amide bonds. The van der Waals surface area contributed by atoms with Crippen molar-refractivity contribution in [1.29, 1.82) is 0 Å². The molecular weight excluding hydrogens is 197 g/mol. The van der Waals surface area contributed by atoms with E-state index in [9.17, 15) is 26.3 Å². The minimum Gasteiger partial charge on any atom is -0.370 e. The van der Waals surface area contributed by atoms with E-state index < -0.39 is 17.7 Å². The first kappa shape index (κ1) is 11.0. The molecule has 0 aromatic carbocycles. The van der Waals surface area contributed by atoms with Gasteiger partial charge < -0.3 is 5.11 Å².